The third-order valence-electron chi connectivity index (χ3n) is 9.65. The van der Waals surface area contributed by atoms with E-state index in [0.29, 0.717) is 5.56 Å². The van der Waals surface area contributed by atoms with Crippen LogP contribution in [0.4, 0.5) is 22.7 Å². The molecule has 0 saturated carbocycles. The van der Waals surface area contributed by atoms with Gasteiger partial charge in [-0.25, -0.2) is 4.79 Å². The van der Waals surface area contributed by atoms with Gasteiger partial charge in [-0.05, 0) is 61.9 Å². The van der Waals surface area contributed by atoms with E-state index in [1.165, 1.54) is 11.3 Å². The zero-order valence-electron chi connectivity index (χ0n) is 25.7. The Bertz CT molecular complexity index is 1750. The fourth-order valence-corrected chi connectivity index (χ4v) is 7.55. The lowest BCUT2D eigenvalue weighted by Crippen LogP contribution is -2.61. The summed E-state index contributed by atoms with van der Waals surface area (Å²) in [5.74, 6) is 0.738. The second kappa shape index (κ2) is 9.66. The Balaban J connectivity index is 1.57. The van der Waals surface area contributed by atoms with Gasteiger partial charge in [0.2, 0.25) is 0 Å². The summed E-state index contributed by atoms with van der Waals surface area (Å²) < 4.78 is 6.91. The SMILES string of the molecule is CCN1C2=CC(c3ccccc3)C(C)(C3(c4ccc(N(C)C)cc4)OC(=O)c4cc(N(C)C)ccc43)N2c2ccccc21. The summed E-state index contributed by atoms with van der Waals surface area (Å²) in [6.07, 6.45) is 2.38. The lowest BCUT2D eigenvalue weighted by molar-refractivity contribution is -0.0264. The minimum Gasteiger partial charge on any atom is -0.443 e. The first-order valence-corrected chi connectivity index (χ1v) is 15.0. The Morgan fingerprint density at radius 3 is 2.07 bits per heavy atom. The number of hydrogen-bond acceptors (Lipinski definition) is 6. The van der Waals surface area contributed by atoms with E-state index in [0.717, 1.165) is 40.6 Å². The van der Waals surface area contributed by atoms with Gasteiger partial charge in [0.05, 0.1) is 16.9 Å². The highest BCUT2D eigenvalue weighted by molar-refractivity contribution is 5.98. The van der Waals surface area contributed by atoms with Crippen molar-refractivity contribution in [1.82, 2.24) is 0 Å². The number of anilines is 4. The van der Waals surface area contributed by atoms with Gasteiger partial charge in [-0.3, -0.25) is 0 Å². The summed E-state index contributed by atoms with van der Waals surface area (Å²) >= 11 is 0. The third kappa shape index (κ3) is 3.62. The van der Waals surface area contributed by atoms with E-state index < -0.39 is 11.1 Å². The fraction of sp³-hybridized carbons (Fsp3) is 0.270. The number of nitrogens with zero attached hydrogens (tertiary/aromatic N) is 4. The van der Waals surface area contributed by atoms with Crippen LogP contribution < -0.4 is 19.6 Å². The maximum absolute atomic E-state index is 14.1. The first-order chi connectivity index (χ1) is 20.7. The van der Waals surface area contributed by atoms with Crippen molar-refractivity contribution in [3.8, 4) is 0 Å². The molecule has 4 aromatic carbocycles. The van der Waals surface area contributed by atoms with Crippen LogP contribution in [0.5, 0.6) is 0 Å². The van der Waals surface area contributed by atoms with Crippen molar-refractivity contribution in [2.24, 2.45) is 0 Å². The Kier molecular flexibility index (Phi) is 6.10. The molecule has 3 aliphatic heterocycles. The number of rotatable bonds is 6. The standard InChI is InChI=1S/C37H38N4O2/c1-7-40-32-15-11-12-16-33(32)41-34(40)24-31(25-13-9-8-10-14-25)36(41,2)37(26-17-19-27(20-18-26)38(3)4)30-22-21-28(39(5)6)23-29(30)35(42)43-37/h8-24,31H,7H2,1-6H3. The normalized spacial score (nSPS) is 23.4. The number of hydrogen-bond donors (Lipinski definition) is 0. The predicted molar refractivity (Wildman–Crippen MR) is 175 cm³/mol. The van der Waals surface area contributed by atoms with E-state index in [9.17, 15) is 4.79 Å². The van der Waals surface area contributed by atoms with E-state index in [2.05, 4.69) is 126 Å². The second-order valence-electron chi connectivity index (χ2n) is 12.3. The number of cyclic esters (lactones) is 1. The van der Waals surface area contributed by atoms with Crippen molar-refractivity contribution >= 4 is 28.7 Å². The Labute approximate surface area is 254 Å². The van der Waals surface area contributed by atoms with Crippen LogP contribution >= 0.6 is 0 Å². The van der Waals surface area contributed by atoms with Crippen LogP contribution in [0.15, 0.2) is 109 Å². The molecular weight excluding hydrogens is 532 g/mol. The molecule has 3 aliphatic rings. The molecule has 4 aromatic rings. The molecule has 0 amide bonds. The largest absolute Gasteiger partial charge is 0.443 e. The van der Waals surface area contributed by atoms with Crippen molar-refractivity contribution in [2.45, 2.75) is 30.9 Å². The molecule has 0 spiro atoms. The molecule has 0 N–H and O–H groups in total. The number of fused-ring (bicyclic) bond motifs is 4. The molecular formula is C37H38N4O2. The summed E-state index contributed by atoms with van der Waals surface area (Å²) in [5, 5.41) is 0. The molecule has 0 aromatic heterocycles. The van der Waals surface area contributed by atoms with Crippen molar-refractivity contribution in [3.05, 3.63) is 131 Å². The Morgan fingerprint density at radius 1 is 0.791 bits per heavy atom. The molecule has 0 fully saturated rings. The van der Waals surface area contributed by atoms with Crippen molar-refractivity contribution in [3.63, 3.8) is 0 Å². The fourth-order valence-electron chi connectivity index (χ4n) is 7.55. The minimum absolute atomic E-state index is 0.0908. The van der Waals surface area contributed by atoms with Crippen molar-refractivity contribution in [2.75, 3.05) is 54.3 Å². The average Bonchev–Trinajstić information content (AvgIpc) is 3.63. The zero-order chi connectivity index (χ0) is 30.1. The van der Waals surface area contributed by atoms with Gasteiger partial charge in [0.25, 0.3) is 0 Å². The topological polar surface area (TPSA) is 39.3 Å². The highest BCUT2D eigenvalue weighted by Gasteiger charge is 2.68. The highest BCUT2D eigenvalue weighted by Crippen LogP contribution is 2.64. The highest BCUT2D eigenvalue weighted by atomic mass is 16.6. The number of para-hydroxylation sites is 2. The number of ether oxygens (including phenoxy) is 1. The second-order valence-corrected chi connectivity index (χ2v) is 12.3. The molecule has 3 heterocycles. The number of esters is 1. The van der Waals surface area contributed by atoms with Gasteiger partial charge in [0.1, 0.15) is 11.4 Å². The molecule has 0 bridgehead atoms. The maximum Gasteiger partial charge on any atom is 0.339 e. The molecule has 6 heteroatoms. The molecule has 218 valence electrons. The summed E-state index contributed by atoms with van der Waals surface area (Å²) in [5.41, 5.74) is 6.10. The number of carbonyl (C=O) groups is 1. The van der Waals surface area contributed by atoms with Gasteiger partial charge in [-0.2, -0.15) is 0 Å². The molecule has 7 rings (SSSR count). The molecule has 0 aliphatic carbocycles. The van der Waals surface area contributed by atoms with Crippen LogP contribution in [0.3, 0.4) is 0 Å². The third-order valence-corrected chi connectivity index (χ3v) is 9.65. The van der Waals surface area contributed by atoms with E-state index >= 15 is 0 Å². The molecule has 3 atom stereocenters. The quantitative estimate of drug-likeness (QED) is 0.233. The average molecular weight is 571 g/mol. The lowest BCUT2D eigenvalue weighted by Gasteiger charge is -2.52. The van der Waals surface area contributed by atoms with E-state index in [4.69, 9.17) is 4.74 Å². The Morgan fingerprint density at radius 2 is 1.42 bits per heavy atom. The van der Waals surface area contributed by atoms with Gasteiger partial charge in [0, 0.05) is 63.2 Å². The minimum atomic E-state index is -1.12. The molecule has 0 radical (unpaired) electrons. The monoisotopic (exact) mass is 570 g/mol. The van der Waals surface area contributed by atoms with Gasteiger partial charge >= 0.3 is 5.97 Å². The van der Waals surface area contributed by atoms with Crippen LogP contribution in [0.1, 0.15) is 46.8 Å². The van der Waals surface area contributed by atoms with E-state index in [-0.39, 0.29) is 11.9 Å². The van der Waals surface area contributed by atoms with Gasteiger partial charge < -0.3 is 24.3 Å². The summed E-state index contributed by atoms with van der Waals surface area (Å²) in [6, 6.07) is 33.9. The summed E-state index contributed by atoms with van der Waals surface area (Å²) in [7, 11) is 8.07. The zero-order valence-corrected chi connectivity index (χ0v) is 25.7. The number of benzene rings is 4. The van der Waals surface area contributed by atoms with Crippen molar-refractivity contribution < 1.29 is 9.53 Å². The van der Waals surface area contributed by atoms with Crippen LogP contribution in [-0.4, -0.2) is 46.2 Å². The van der Waals surface area contributed by atoms with Crippen LogP contribution in [-0.2, 0) is 10.3 Å². The van der Waals surface area contributed by atoms with Crippen LogP contribution in [0.2, 0.25) is 0 Å². The van der Waals surface area contributed by atoms with Gasteiger partial charge in [-0.15, -0.1) is 0 Å². The molecule has 6 nitrogen and oxygen atoms in total. The molecule has 0 saturated heterocycles. The first-order valence-electron chi connectivity index (χ1n) is 15.0. The predicted octanol–water partition coefficient (Wildman–Crippen LogP) is 6.98. The van der Waals surface area contributed by atoms with Crippen LogP contribution in [0, 0.1) is 0 Å². The summed E-state index contributed by atoms with van der Waals surface area (Å²) in [6.45, 7) is 5.30. The van der Waals surface area contributed by atoms with E-state index in [1.54, 1.807) is 0 Å². The van der Waals surface area contributed by atoms with E-state index in [1.807, 2.05) is 39.2 Å². The first kappa shape index (κ1) is 27.1. The number of carbonyl (C=O) groups excluding carboxylic acids is 1. The molecule has 3 unspecified atom stereocenters. The lowest BCUT2D eigenvalue weighted by atomic mass is 9.64. The smallest absolute Gasteiger partial charge is 0.339 e. The van der Waals surface area contributed by atoms with Crippen LogP contribution in [0.25, 0.3) is 0 Å². The summed E-state index contributed by atoms with van der Waals surface area (Å²) in [4.78, 5) is 23.1. The van der Waals surface area contributed by atoms with Gasteiger partial charge in [0.15, 0.2) is 5.60 Å². The Hall–Kier alpha value is -4.71. The molecule has 43 heavy (non-hydrogen) atoms. The maximum atomic E-state index is 14.1. The van der Waals surface area contributed by atoms with Gasteiger partial charge in [-0.1, -0.05) is 60.7 Å². The van der Waals surface area contributed by atoms with Crippen molar-refractivity contribution in [1.29, 1.82) is 0 Å².